The summed E-state index contributed by atoms with van der Waals surface area (Å²) in [6.45, 7) is 1.50. The molecule has 1 aromatic heterocycles. The van der Waals surface area contributed by atoms with Crippen molar-refractivity contribution in [3.05, 3.63) is 59.1 Å². The van der Waals surface area contributed by atoms with Crippen molar-refractivity contribution in [1.29, 1.82) is 0 Å². The highest BCUT2D eigenvalue weighted by atomic mass is 35.5. The first-order valence-corrected chi connectivity index (χ1v) is 7.92. The van der Waals surface area contributed by atoms with Crippen molar-refractivity contribution in [3.8, 4) is 0 Å². The molecule has 5 heteroatoms. The number of hydrogen-bond donors (Lipinski definition) is 0. The number of carbonyl (C=O) groups is 1. The van der Waals surface area contributed by atoms with Crippen LogP contribution in [0.25, 0.3) is 0 Å². The van der Waals surface area contributed by atoms with Gasteiger partial charge in [0.25, 0.3) is 5.91 Å². The normalized spacial score (nSPS) is 18.8. The zero-order valence-corrected chi connectivity index (χ0v) is 13.0. The number of halogens is 1. The molecule has 3 rings (SSSR count). The van der Waals surface area contributed by atoms with Gasteiger partial charge in [-0.15, -0.1) is 0 Å². The molecule has 22 heavy (non-hydrogen) atoms. The Morgan fingerprint density at radius 1 is 1.18 bits per heavy atom. The molecule has 0 aliphatic carbocycles. The molecule has 1 atom stereocenters. The van der Waals surface area contributed by atoms with Gasteiger partial charge in [-0.05, 0) is 30.5 Å². The Balaban J connectivity index is 1.78. The van der Waals surface area contributed by atoms with Crippen LogP contribution < -0.4 is 0 Å². The van der Waals surface area contributed by atoms with Crippen LogP contribution in [0.3, 0.4) is 0 Å². The zero-order valence-electron chi connectivity index (χ0n) is 12.3. The molecule has 1 aliphatic rings. The molecule has 1 fully saturated rings. The summed E-state index contributed by atoms with van der Waals surface area (Å²) in [5, 5.41) is 0.741. The quantitative estimate of drug-likeness (QED) is 0.851. The fourth-order valence-electron chi connectivity index (χ4n) is 2.91. The van der Waals surface area contributed by atoms with E-state index in [1.54, 1.807) is 12.4 Å². The summed E-state index contributed by atoms with van der Waals surface area (Å²) in [5.41, 5.74) is 1.66. The van der Waals surface area contributed by atoms with E-state index in [9.17, 15) is 4.79 Å². The average Bonchev–Trinajstić information content (AvgIpc) is 2.82. The molecule has 1 aliphatic heterocycles. The SMILES string of the molecule is O=C(c1cnccn1)N1CCCC[C@@H](c2ccc(Cl)cc2)C1. The van der Waals surface area contributed by atoms with Crippen LogP contribution in [0.5, 0.6) is 0 Å². The number of rotatable bonds is 2. The summed E-state index contributed by atoms with van der Waals surface area (Å²) >= 11 is 5.96. The lowest BCUT2D eigenvalue weighted by atomic mass is 9.94. The zero-order chi connectivity index (χ0) is 15.4. The van der Waals surface area contributed by atoms with Gasteiger partial charge in [-0.2, -0.15) is 0 Å². The molecule has 4 nitrogen and oxygen atoms in total. The minimum atomic E-state index is -0.0334. The molecule has 0 unspecified atom stereocenters. The summed E-state index contributed by atoms with van der Waals surface area (Å²) in [5.74, 6) is 0.314. The maximum Gasteiger partial charge on any atom is 0.274 e. The van der Waals surface area contributed by atoms with Crippen LogP contribution in [-0.4, -0.2) is 33.9 Å². The van der Waals surface area contributed by atoms with Crippen LogP contribution in [0, 0.1) is 0 Å². The van der Waals surface area contributed by atoms with Gasteiger partial charge in [-0.1, -0.05) is 30.2 Å². The molecule has 1 aromatic carbocycles. The van der Waals surface area contributed by atoms with E-state index < -0.39 is 0 Å². The van der Waals surface area contributed by atoms with E-state index in [4.69, 9.17) is 11.6 Å². The number of hydrogen-bond acceptors (Lipinski definition) is 3. The van der Waals surface area contributed by atoms with Gasteiger partial charge in [0.1, 0.15) is 5.69 Å². The first-order chi connectivity index (χ1) is 10.7. The lowest BCUT2D eigenvalue weighted by Crippen LogP contribution is -2.34. The van der Waals surface area contributed by atoms with Gasteiger partial charge >= 0.3 is 0 Å². The first kappa shape index (κ1) is 15.0. The number of benzene rings is 1. The van der Waals surface area contributed by atoms with E-state index in [0.29, 0.717) is 11.6 Å². The highest BCUT2D eigenvalue weighted by Gasteiger charge is 2.24. The molecule has 1 saturated heterocycles. The third-order valence-electron chi connectivity index (χ3n) is 4.08. The predicted octanol–water partition coefficient (Wildman–Crippen LogP) is 3.54. The number of carbonyl (C=O) groups excluding carboxylic acids is 1. The number of nitrogens with zero attached hydrogens (tertiary/aromatic N) is 3. The van der Waals surface area contributed by atoms with Crippen molar-refractivity contribution >= 4 is 17.5 Å². The molecule has 0 N–H and O–H groups in total. The standard InChI is InChI=1S/C17H18ClN3O/c18-15-6-4-13(5-7-15)14-3-1-2-10-21(12-14)17(22)16-11-19-8-9-20-16/h4-9,11,14H,1-3,10,12H2/t14-/m1/s1. The van der Waals surface area contributed by atoms with Crippen molar-refractivity contribution < 1.29 is 4.79 Å². The third-order valence-corrected chi connectivity index (χ3v) is 4.33. The smallest absolute Gasteiger partial charge is 0.274 e. The second-order valence-corrected chi connectivity index (χ2v) is 6.02. The van der Waals surface area contributed by atoms with E-state index >= 15 is 0 Å². The summed E-state index contributed by atoms with van der Waals surface area (Å²) < 4.78 is 0. The van der Waals surface area contributed by atoms with E-state index in [-0.39, 0.29) is 5.91 Å². The fraction of sp³-hybridized carbons (Fsp3) is 0.353. The summed E-state index contributed by atoms with van der Waals surface area (Å²) in [7, 11) is 0. The summed E-state index contributed by atoms with van der Waals surface area (Å²) in [6, 6.07) is 7.94. The predicted molar refractivity (Wildman–Crippen MR) is 86.0 cm³/mol. The number of aromatic nitrogens is 2. The Bertz CT molecular complexity index is 630. The van der Waals surface area contributed by atoms with Crippen LogP contribution in [0.15, 0.2) is 42.9 Å². The minimum Gasteiger partial charge on any atom is -0.337 e. The second kappa shape index (κ2) is 6.88. The van der Waals surface area contributed by atoms with Gasteiger partial charge in [0, 0.05) is 36.4 Å². The molecular weight excluding hydrogens is 298 g/mol. The van der Waals surface area contributed by atoms with Crippen LogP contribution in [-0.2, 0) is 0 Å². The number of likely N-dealkylation sites (tertiary alicyclic amines) is 1. The van der Waals surface area contributed by atoms with Crippen LogP contribution in [0.4, 0.5) is 0 Å². The molecule has 1 amide bonds. The monoisotopic (exact) mass is 315 g/mol. The van der Waals surface area contributed by atoms with E-state index in [2.05, 4.69) is 22.1 Å². The molecule has 0 radical (unpaired) electrons. The lowest BCUT2D eigenvalue weighted by Gasteiger charge is -2.24. The third kappa shape index (κ3) is 3.45. The topological polar surface area (TPSA) is 46.1 Å². The van der Waals surface area contributed by atoms with Gasteiger partial charge in [-0.3, -0.25) is 9.78 Å². The highest BCUT2D eigenvalue weighted by Crippen LogP contribution is 2.28. The van der Waals surface area contributed by atoms with Gasteiger partial charge in [-0.25, -0.2) is 4.98 Å². The molecule has 2 aromatic rings. The van der Waals surface area contributed by atoms with Gasteiger partial charge in [0.15, 0.2) is 0 Å². The Hall–Kier alpha value is -1.94. The van der Waals surface area contributed by atoms with Gasteiger partial charge < -0.3 is 4.90 Å². The Morgan fingerprint density at radius 3 is 2.73 bits per heavy atom. The minimum absolute atomic E-state index is 0.0334. The van der Waals surface area contributed by atoms with Crippen molar-refractivity contribution in [1.82, 2.24) is 14.9 Å². The maximum atomic E-state index is 12.6. The van der Waals surface area contributed by atoms with Crippen LogP contribution in [0.2, 0.25) is 5.02 Å². The summed E-state index contributed by atoms with van der Waals surface area (Å²) in [4.78, 5) is 22.6. The molecule has 0 bridgehead atoms. The maximum absolute atomic E-state index is 12.6. The van der Waals surface area contributed by atoms with Gasteiger partial charge in [0.2, 0.25) is 0 Å². The first-order valence-electron chi connectivity index (χ1n) is 7.55. The highest BCUT2D eigenvalue weighted by molar-refractivity contribution is 6.30. The molecule has 114 valence electrons. The molecule has 0 saturated carbocycles. The second-order valence-electron chi connectivity index (χ2n) is 5.59. The molecular formula is C17H18ClN3O. The average molecular weight is 316 g/mol. The molecule has 2 heterocycles. The van der Waals surface area contributed by atoms with Crippen molar-refractivity contribution in [3.63, 3.8) is 0 Å². The van der Waals surface area contributed by atoms with Crippen molar-refractivity contribution in [2.45, 2.75) is 25.2 Å². The Kier molecular flexibility index (Phi) is 4.68. The van der Waals surface area contributed by atoms with Crippen molar-refractivity contribution in [2.24, 2.45) is 0 Å². The van der Waals surface area contributed by atoms with Crippen LogP contribution >= 0.6 is 11.6 Å². The van der Waals surface area contributed by atoms with E-state index in [1.807, 2.05) is 17.0 Å². The van der Waals surface area contributed by atoms with Crippen molar-refractivity contribution in [2.75, 3.05) is 13.1 Å². The fourth-order valence-corrected chi connectivity index (χ4v) is 3.03. The lowest BCUT2D eigenvalue weighted by molar-refractivity contribution is 0.0748. The van der Waals surface area contributed by atoms with E-state index in [0.717, 1.165) is 37.4 Å². The van der Waals surface area contributed by atoms with Crippen LogP contribution in [0.1, 0.15) is 41.2 Å². The largest absolute Gasteiger partial charge is 0.337 e. The Morgan fingerprint density at radius 2 is 2.00 bits per heavy atom. The Labute approximate surface area is 135 Å². The van der Waals surface area contributed by atoms with E-state index in [1.165, 1.54) is 11.8 Å². The number of amides is 1. The molecule has 0 spiro atoms. The van der Waals surface area contributed by atoms with Gasteiger partial charge in [0.05, 0.1) is 6.20 Å². The summed E-state index contributed by atoms with van der Waals surface area (Å²) in [6.07, 6.45) is 7.90.